The normalized spacial score (nSPS) is 10.7. The minimum Gasteiger partial charge on any atom is -0.479 e. The predicted octanol–water partition coefficient (Wildman–Crippen LogP) is 1.36. The van der Waals surface area contributed by atoms with E-state index in [1.807, 2.05) is 12.1 Å². The number of hydrogen-bond acceptors (Lipinski definition) is 6. The molecular weight excluding hydrogens is 486 g/mol. The number of hydrogen-bond donors (Lipinski definition) is 1. The molecule has 0 fully saturated rings. The first-order valence-corrected chi connectivity index (χ1v) is 7.41. The summed E-state index contributed by atoms with van der Waals surface area (Å²) in [5, 5.41) is 14.6. The number of halogens is 2. The lowest BCUT2D eigenvalue weighted by Crippen LogP contribution is -2.03. The third kappa shape index (κ3) is 3.57. The highest BCUT2D eigenvalue weighted by Crippen LogP contribution is 2.27. The van der Waals surface area contributed by atoms with Crippen molar-refractivity contribution < 1.29 is 4.74 Å². The van der Waals surface area contributed by atoms with E-state index in [9.17, 15) is 0 Å². The zero-order valence-corrected chi connectivity index (χ0v) is 14.3. The van der Waals surface area contributed by atoms with Gasteiger partial charge in [0.05, 0.1) is 9.78 Å². The van der Waals surface area contributed by atoms with Gasteiger partial charge in [0.2, 0.25) is 0 Å². The molecule has 0 unspecified atom stereocenters. The lowest BCUT2D eigenvalue weighted by Gasteiger charge is -2.09. The van der Waals surface area contributed by atoms with Gasteiger partial charge < -0.3 is 10.5 Å². The number of anilines is 1. The molecule has 0 aliphatic carbocycles. The van der Waals surface area contributed by atoms with Crippen molar-refractivity contribution in [3.8, 4) is 18.1 Å². The molecule has 0 bridgehead atoms. The number of rotatable bonds is 4. The lowest BCUT2D eigenvalue weighted by atomic mass is 10.2. The molecule has 0 saturated heterocycles. The summed E-state index contributed by atoms with van der Waals surface area (Å²) in [6.07, 6.45) is 6.79. The van der Waals surface area contributed by atoms with E-state index in [-0.39, 0.29) is 12.6 Å². The first kappa shape index (κ1) is 15.0. The second kappa shape index (κ2) is 6.84. The maximum Gasteiger partial charge on any atom is 0.263 e. The predicted molar refractivity (Wildman–Crippen MR) is 91.4 cm³/mol. The molecule has 0 aliphatic rings. The van der Waals surface area contributed by atoms with Gasteiger partial charge in [-0.2, -0.15) is 5.10 Å². The largest absolute Gasteiger partial charge is 0.479 e. The number of nitrogen functional groups attached to an aromatic ring is 1. The average molecular weight is 494 g/mol. The highest BCUT2D eigenvalue weighted by atomic mass is 127. The van der Waals surface area contributed by atoms with E-state index in [1.165, 1.54) is 0 Å². The van der Waals surface area contributed by atoms with Crippen LogP contribution in [0.25, 0.3) is 0 Å². The molecule has 0 radical (unpaired) electrons. The van der Waals surface area contributed by atoms with Crippen LogP contribution in [0.15, 0.2) is 17.2 Å². The van der Waals surface area contributed by atoms with Crippen molar-refractivity contribution in [2.24, 2.45) is 5.10 Å². The van der Waals surface area contributed by atoms with Crippen LogP contribution in [0.5, 0.6) is 5.75 Å². The molecule has 1 aromatic carbocycles. The fraction of sp³-hybridized carbons (Fsp3) is 0.0909. The van der Waals surface area contributed by atoms with E-state index in [4.69, 9.17) is 16.9 Å². The Morgan fingerprint density at radius 2 is 2.30 bits per heavy atom. The van der Waals surface area contributed by atoms with Gasteiger partial charge in [0.25, 0.3) is 5.95 Å². The Morgan fingerprint density at radius 3 is 2.95 bits per heavy atom. The molecule has 1 aromatic heterocycles. The van der Waals surface area contributed by atoms with Crippen LogP contribution < -0.4 is 10.5 Å². The Hall–Kier alpha value is -1.42. The Balaban J connectivity index is 2.37. The third-order valence-electron chi connectivity index (χ3n) is 2.12. The first-order chi connectivity index (χ1) is 9.61. The summed E-state index contributed by atoms with van der Waals surface area (Å²) in [5.74, 6) is 3.20. The maximum atomic E-state index is 5.54. The number of benzene rings is 1. The molecule has 2 rings (SSSR count). The Labute approximate surface area is 142 Å². The molecule has 2 aromatic rings. The number of aromatic nitrogens is 4. The summed E-state index contributed by atoms with van der Waals surface area (Å²) < 4.78 is 7.53. The molecule has 0 saturated carbocycles. The Kier molecular flexibility index (Phi) is 5.12. The van der Waals surface area contributed by atoms with Gasteiger partial charge in [-0.3, -0.25) is 0 Å². The Bertz CT molecular complexity index is 691. The van der Waals surface area contributed by atoms with Gasteiger partial charge in [0, 0.05) is 9.13 Å². The van der Waals surface area contributed by atoms with E-state index >= 15 is 0 Å². The number of tetrazole rings is 1. The SMILES string of the molecule is C#CCOc1c(I)cc(I)cc1C=Nn1nnnc1N. The fourth-order valence-electron chi connectivity index (χ4n) is 1.33. The van der Waals surface area contributed by atoms with Crippen LogP contribution in [0.1, 0.15) is 5.56 Å². The van der Waals surface area contributed by atoms with Crippen LogP contribution in [0.4, 0.5) is 5.95 Å². The molecule has 102 valence electrons. The fourth-order valence-corrected chi connectivity index (χ4v) is 3.38. The molecule has 0 atom stereocenters. The maximum absolute atomic E-state index is 5.54. The Morgan fingerprint density at radius 1 is 1.50 bits per heavy atom. The molecule has 9 heteroatoms. The molecular formula is C11H8I2N6O. The van der Waals surface area contributed by atoms with Crippen LogP contribution in [0.2, 0.25) is 0 Å². The molecule has 0 aliphatic heterocycles. The highest BCUT2D eigenvalue weighted by molar-refractivity contribution is 14.1. The molecule has 0 spiro atoms. The second-order valence-electron chi connectivity index (χ2n) is 3.47. The minimum atomic E-state index is 0.104. The lowest BCUT2D eigenvalue weighted by molar-refractivity contribution is 0.367. The van der Waals surface area contributed by atoms with Gasteiger partial charge in [0.1, 0.15) is 12.4 Å². The van der Waals surface area contributed by atoms with E-state index < -0.39 is 0 Å². The molecule has 1 heterocycles. The van der Waals surface area contributed by atoms with Crippen LogP contribution >= 0.6 is 45.2 Å². The summed E-state index contributed by atoms with van der Waals surface area (Å²) in [6.45, 7) is 0.185. The first-order valence-electron chi connectivity index (χ1n) is 5.25. The van der Waals surface area contributed by atoms with Crippen LogP contribution in [0, 0.1) is 19.5 Å². The smallest absolute Gasteiger partial charge is 0.263 e. The summed E-state index contributed by atoms with van der Waals surface area (Å²) in [5.41, 5.74) is 6.30. The number of ether oxygens (including phenoxy) is 1. The van der Waals surface area contributed by atoms with Gasteiger partial charge in [0.15, 0.2) is 0 Å². The van der Waals surface area contributed by atoms with E-state index in [0.717, 1.165) is 17.5 Å². The van der Waals surface area contributed by atoms with Crippen molar-refractivity contribution in [3.63, 3.8) is 0 Å². The molecule has 20 heavy (non-hydrogen) atoms. The van der Waals surface area contributed by atoms with Crippen molar-refractivity contribution >= 4 is 57.3 Å². The van der Waals surface area contributed by atoms with Crippen molar-refractivity contribution in [2.75, 3.05) is 12.3 Å². The quantitative estimate of drug-likeness (QED) is 0.394. The summed E-state index contributed by atoms with van der Waals surface area (Å²) >= 11 is 4.39. The molecule has 2 N–H and O–H groups in total. The summed E-state index contributed by atoms with van der Waals surface area (Å²) in [7, 11) is 0. The molecule has 7 nitrogen and oxygen atoms in total. The van der Waals surface area contributed by atoms with Gasteiger partial charge in [-0.25, -0.2) is 0 Å². The zero-order chi connectivity index (χ0) is 14.5. The number of nitrogens with two attached hydrogens (primary N) is 1. The third-order valence-corrected chi connectivity index (χ3v) is 3.54. The summed E-state index contributed by atoms with van der Waals surface area (Å²) in [6, 6.07) is 3.90. The topological polar surface area (TPSA) is 91.2 Å². The van der Waals surface area contributed by atoms with Crippen molar-refractivity contribution in [2.45, 2.75) is 0 Å². The summed E-state index contributed by atoms with van der Waals surface area (Å²) in [4.78, 5) is 1.12. The van der Waals surface area contributed by atoms with Gasteiger partial charge >= 0.3 is 0 Å². The minimum absolute atomic E-state index is 0.104. The average Bonchev–Trinajstić information content (AvgIpc) is 2.80. The standard InChI is InChI=1S/C11H8I2N6O/c1-2-3-20-10-7(4-8(12)5-9(10)13)6-15-19-11(14)16-17-18-19/h1,4-6H,3H2,(H2,14,16,18). The highest BCUT2D eigenvalue weighted by Gasteiger charge is 2.09. The monoisotopic (exact) mass is 494 g/mol. The molecule has 0 amide bonds. The number of terminal acetylenes is 1. The van der Waals surface area contributed by atoms with Crippen molar-refractivity contribution in [3.05, 3.63) is 24.8 Å². The second-order valence-corrected chi connectivity index (χ2v) is 5.88. The number of nitrogens with zero attached hydrogens (tertiary/aromatic N) is 5. The van der Waals surface area contributed by atoms with Crippen molar-refractivity contribution in [1.82, 2.24) is 20.3 Å². The van der Waals surface area contributed by atoms with Crippen molar-refractivity contribution in [1.29, 1.82) is 0 Å². The van der Waals surface area contributed by atoms with Gasteiger partial charge in [-0.15, -0.1) is 6.42 Å². The van der Waals surface area contributed by atoms with E-state index in [0.29, 0.717) is 5.75 Å². The van der Waals surface area contributed by atoms with Gasteiger partial charge in [-0.05, 0) is 67.7 Å². The van der Waals surface area contributed by atoms with Crippen LogP contribution in [-0.4, -0.2) is 33.1 Å². The van der Waals surface area contributed by atoms with Gasteiger partial charge in [-0.1, -0.05) is 15.8 Å². The van der Waals surface area contributed by atoms with E-state index in [1.54, 1.807) is 6.21 Å². The van der Waals surface area contributed by atoms with Crippen LogP contribution in [0.3, 0.4) is 0 Å². The van der Waals surface area contributed by atoms with Crippen LogP contribution in [-0.2, 0) is 0 Å². The zero-order valence-electron chi connectivity index (χ0n) is 9.99. The van der Waals surface area contributed by atoms with E-state index in [2.05, 4.69) is 71.7 Å².